The molecule has 1 atom stereocenters. The van der Waals surface area contributed by atoms with Crippen molar-refractivity contribution in [1.29, 1.82) is 0 Å². The number of hydrogen-bond donors (Lipinski definition) is 2. The van der Waals surface area contributed by atoms with E-state index in [1.165, 1.54) is 11.4 Å². The van der Waals surface area contributed by atoms with Gasteiger partial charge in [-0.2, -0.15) is 4.31 Å². The fourth-order valence-corrected chi connectivity index (χ4v) is 5.63. The molecule has 0 spiro atoms. The number of methoxy groups -OCH3 is 1. The minimum atomic E-state index is -3.67. The first-order valence-corrected chi connectivity index (χ1v) is 12.5. The molecule has 8 nitrogen and oxygen atoms in total. The van der Waals surface area contributed by atoms with Crippen molar-refractivity contribution < 1.29 is 22.7 Å². The van der Waals surface area contributed by atoms with Gasteiger partial charge in [0.2, 0.25) is 10.0 Å². The lowest BCUT2D eigenvalue weighted by Gasteiger charge is -2.34. The Bertz CT molecular complexity index is 1100. The monoisotopic (exact) mass is 473 g/mol. The smallest absolute Gasteiger partial charge is 0.313 e. The summed E-state index contributed by atoms with van der Waals surface area (Å²) >= 11 is 0. The summed E-state index contributed by atoms with van der Waals surface area (Å²) < 4.78 is 33.0. The van der Waals surface area contributed by atoms with Crippen molar-refractivity contribution in [2.24, 2.45) is 0 Å². The van der Waals surface area contributed by atoms with E-state index in [9.17, 15) is 18.0 Å². The number of sulfonamides is 1. The number of rotatable bonds is 7. The summed E-state index contributed by atoms with van der Waals surface area (Å²) in [5.41, 5.74) is 2.67. The molecular weight excluding hydrogens is 442 g/mol. The van der Waals surface area contributed by atoms with Crippen LogP contribution >= 0.6 is 0 Å². The van der Waals surface area contributed by atoms with Gasteiger partial charge < -0.3 is 15.4 Å². The van der Waals surface area contributed by atoms with Gasteiger partial charge in [0.15, 0.2) is 0 Å². The van der Waals surface area contributed by atoms with Crippen LogP contribution in [0.25, 0.3) is 0 Å². The van der Waals surface area contributed by atoms with Gasteiger partial charge in [0.1, 0.15) is 5.75 Å². The van der Waals surface area contributed by atoms with Gasteiger partial charge in [0, 0.05) is 24.8 Å². The first-order chi connectivity index (χ1) is 15.7. The molecular formula is C24H31N3O5S. The molecule has 1 aliphatic rings. The number of anilines is 1. The summed E-state index contributed by atoms with van der Waals surface area (Å²) in [6, 6.07) is 11.5. The van der Waals surface area contributed by atoms with Crippen LogP contribution in [0.15, 0.2) is 47.4 Å². The Balaban J connectivity index is 1.57. The lowest BCUT2D eigenvalue weighted by Crippen LogP contribution is -2.45. The Morgan fingerprint density at radius 3 is 2.42 bits per heavy atom. The van der Waals surface area contributed by atoms with Crippen LogP contribution in [0.4, 0.5) is 5.69 Å². The highest BCUT2D eigenvalue weighted by Crippen LogP contribution is 2.28. The Labute approximate surface area is 195 Å². The molecule has 3 rings (SSSR count). The van der Waals surface area contributed by atoms with Crippen molar-refractivity contribution in [2.75, 3.05) is 25.5 Å². The number of nitrogens with zero attached hydrogens (tertiary/aromatic N) is 1. The molecule has 1 fully saturated rings. The van der Waals surface area contributed by atoms with E-state index in [1.54, 1.807) is 30.3 Å². The van der Waals surface area contributed by atoms with Crippen molar-refractivity contribution >= 4 is 27.5 Å². The number of aryl methyl sites for hydroxylation is 2. The molecule has 2 aromatic carbocycles. The van der Waals surface area contributed by atoms with Crippen LogP contribution in [0.3, 0.4) is 0 Å². The highest BCUT2D eigenvalue weighted by molar-refractivity contribution is 7.89. The molecule has 178 valence electrons. The van der Waals surface area contributed by atoms with Gasteiger partial charge >= 0.3 is 11.8 Å². The topological polar surface area (TPSA) is 105 Å². The molecule has 2 N–H and O–H groups in total. The lowest BCUT2D eigenvalue weighted by atomic mass is 10.0. The van der Waals surface area contributed by atoms with Crippen LogP contribution in [-0.4, -0.2) is 50.8 Å². The van der Waals surface area contributed by atoms with Crippen LogP contribution in [0.5, 0.6) is 5.75 Å². The summed E-state index contributed by atoms with van der Waals surface area (Å²) in [7, 11) is -2.14. The number of ether oxygens (including phenoxy) is 1. The summed E-state index contributed by atoms with van der Waals surface area (Å²) in [6.07, 6.45) is 2.84. The molecule has 2 aromatic rings. The molecule has 0 aromatic heterocycles. The summed E-state index contributed by atoms with van der Waals surface area (Å²) in [5, 5.41) is 5.21. The van der Waals surface area contributed by atoms with Crippen molar-refractivity contribution in [3.63, 3.8) is 0 Å². The predicted molar refractivity (Wildman–Crippen MR) is 127 cm³/mol. The van der Waals surface area contributed by atoms with E-state index in [1.807, 2.05) is 26.0 Å². The van der Waals surface area contributed by atoms with E-state index in [4.69, 9.17) is 4.74 Å². The van der Waals surface area contributed by atoms with Crippen LogP contribution in [0, 0.1) is 13.8 Å². The SMILES string of the molecule is COc1ccc(S(=O)(=O)N2CCCC[C@H]2CCNC(=O)C(=O)Nc2ccc(C)c(C)c2)cc1. The molecule has 1 aliphatic heterocycles. The van der Waals surface area contributed by atoms with E-state index in [-0.39, 0.29) is 17.5 Å². The number of carbonyl (C=O) groups excluding carboxylic acids is 2. The van der Waals surface area contributed by atoms with Gasteiger partial charge in [-0.1, -0.05) is 12.5 Å². The maximum Gasteiger partial charge on any atom is 0.313 e. The third-order valence-electron chi connectivity index (χ3n) is 5.97. The van der Waals surface area contributed by atoms with Crippen LogP contribution < -0.4 is 15.4 Å². The van der Waals surface area contributed by atoms with Gasteiger partial charge in [-0.3, -0.25) is 9.59 Å². The fourth-order valence-electron chi connectivity index (χ4n) is 3.90. The Hall–Kier alpha value is -2.91. The van der Waals surface area contributed by atoms with E-state index in [0.717, 1.165) is 24.0 Å². The Morgan fingerprint density at radius 2 is 1.76 bits per heavy atom. The first-order valence-electron chi connectivity index (χ1n) is 11.0. The zero-order chi connectivity index (χ0) is 24.0. The molecule has 1 heterocycles. The Kier molecular flexibility index (Phi) is 8.10. The first kappa shape index (κ1) is 24.7. The van der Waals surface area contributed by atoms with Crippen molar-refractivity contribution in [2.45, 2.75) is 50.5 Å². The van der Waals surface area contributed by atoms with Crippen LogP contribution in [-0.2, 0) is 19.6 Å². The third-order valence-corrected chi connectivity index (χ3v) is 7.94. The second kappa shape index (κ2) is 10.8. The Morgan fingerprint density at radius 1 is 1.03 bits per heavy atom. The predicted octanol–water partition coefficient (Wildman–Crippen LogP) is 3.00. The van der Waals surface area contributed by atoms with Gasteiger partial charge in [-0.15, -0.1) is 0 Å². The highest BCUT2D eigenvalue weighted by atomic mass is 32.2. The zero-order valence-electron chi connectivity index (χ0n) is 19.3. The minimum Gasteiger partial charge on any atom is -0.497 e. The van der Waals surface area contributed by atoms with Crippen molar-refractivity contribution in [1.82, 2.24) is 9.62 Å². The molecule has 0 bridgehead atoms. The standard InChI is InChI=1S/C24H31N3O5S/c1-17-7-8-19(16-18(17)2)26-24(29)23(28)25-14-13-20-6-4-5-15-27(20)33(30,31)22-11-9-21(32-3)10-12-22/h7-12,16,20H,4-6,13-15H2,1-3H3,(H,25,28)(H,26,29)/t20-/m0/s1. The number of piperidine rings is 1. The molecule has 0 saturated carbocycles. The number of benzene rings is 2. The molecule has 1 saturated heterocycles. The maximum absolute atomic E-state index is 13.2. The molecule has 2 amide bonds. The molecule has 0 unspecified atom stereocenters. The van der Waals surface area contributed by atoms with Gasteiger partial charge in [-0.25, -0.2) is 8.42 Å². The quantitative estimate of drug-likeness (QED) is 0.602. The van der Waals surface area contributed by atoms with E-state index < -0.39 is 21.8 Å². The van der Waals surface area contributed by atoms with E-state index in [2.05, 4.69) is 10.6 Å². The summed E-state index contributed by atoms with van der Waals surface area (Å²) in [6.45, 7) is 4.54. The van der Waals surface area contributed by atoms with Crippen molar-refractivity contribution in [3.8, 4) is 5.75 Å². The fraction of sp³-hybridized carbons (Fsp3) is 0.417. The largest absolute Gasteiger partial charge is 0.497 e. The molecule has 33 heavy (non-hydrogen) atoms. The second-order valence-corrected chi connectivity index (χ2v) is 10.1. The van der Waals surface area contributed by atoms with Gasteiger partial charge in [-0.05, 0) is 80.6 Å². The molecule has 9 heteroatoms. The lowest BCUT2D eigenvalue weighted by molar-refractivity contribution is -0.136. The molecule has 0 radical (unpaired) electrons. The normalized spacial score (nSPS) is 16.8. The number of nitrogens with one attached hydrogen (secondary N) is 2. The second-order valence-electron chi connectivity index (χ2n) is 8.24. The average Bonchev–Trinajstić information content (AvgIpc) is 2.81. The molecule has 0 aliphatic carbocycles. The van der Waals surface area contributed by atoms with Gasteiger partial charge in [0.05, 0.1) is 12.0 Å². The summed E-state index contributed by atoms with van der Waals surface area (Å²) in [5.74, 6) is -0.899. The van der Waals surface area contributed by atoms with Gasteiger partial charge in [0.25, 0.3) is 0 Å². The number of hydrogen-bond acceptors (Lipinski definition) is 5. The average molecular weight is 474 g/mol. The van der Waals surface area contributed by atoms with Crippen molar-refractivity contribution in [3.05, 3.63) is 53.6 Å². The third kappa shape index (κ3) is 6.11. The number of amides is 2. The van der Waals surface area contributed by atoms with Crippen LogP contribution in [0.2, 0.25) is 0 Å². The minimum absolute atomic E-state index is 0.207. The maximum atomic E-state index is 13.2. The van der Waals surface area contributed by atoms with E-state index in [0.29, 0.717) is 30.8 Å². The van der Waals surface area contributed by atoms with Crippen LogP contribution in [0.1, 0.15) is 36.8 Å². The highest BCUT2D eigenvalue weighted by Gasteiger charge is 2.33. The van der Waals surface area contributed by atoms with E-state index >= 15 is 0 Å². The number of carbonyl (C=O) groups is 2. The zero-order valence-corrected chi connectivity index (χ0v) is 20.1. The summed E-state index contributed by atoms with van der Waals surface area (Å²) in [4.78, 5) is 24.7.